The summed E-state index contributed by atoms with van der Waals surface area (Å²) in [6.07, 6.45) is 0. The summed E-state index contributed by atoms with van der Waals surface area (Å²) >= 11 is 1.85. The second-order valence-electron chi connectivity index (χ2n) is 13.2. The van der Waals surface area contributed by atoms with Crippen LogP contribution < -0.4 is 0 Å². The van der Waals surface area contributed by atoms with E-state index < -0.39 is 0 Å². The van der Waals surface area contributed by atoms with Crippen LogP contribution in [-0.2, 0) is 0 Å². The van der Waals surface area contributed by atoms with Crippen molar-refractivity contribution in [3.05, 3.63) is 164 Å². The molecule has 0 aliphatic heterocycles. The third-order valence-electron chi connectivity index (χ3n) is 10.1. The van der Waals surface area contributed by atoms with Crippen molar-refractivity contribution in [2.75, 3.05) is 0 Å². The van der Waals surface area contributed by atoms with E-state index in [4.69, 9.17) is 19.4 Å². The summed E-state index contributed by atoms with van der Waals surface area (Å²) in [6.45, 7) is 0. The van der Waals surface area contributed by atoms with Gasteiger partial charge in [-0.2, -0.15) is 0 Å². The van der Waals surface area contributed by atoms with Crippen LogP contribution in [0.25, 0.3) is 109 Å². The molecule has 0 saturated heterocycles. The summed E-state index contributed by atoms with van der Waals surface area (Å²) in [5.41, 5.74) is 6.85. The highest BCUT2D eigenvalue weighted by Gasteiger charge is 2.19. The summed E-state index contributed by atoms with van der Waals surface area (Å²) < 4.78 is 9.04. The third-order valence-corrected chi connectivity index (χ3v) is 11.3. The van der Waals surface area contributed by atoms with Gasteiger partial charge in [-0.1, -0.05) is 127 Å². The molecule has 242 valence electrons. The highest BCUT2D eigenvalue weighted by molar-refractivity contribution is 7.26. The highest BCUT2D eigenvalue weighted by Crippen LogP contribution is 2.43. The Morgan fingerprint density at radius 1 is 0.365 bits per heavy atom. The fourth-order valence-corrected chi connectivity index (χ4v) is 8.86. The maximum absolute atomic E-state index is 6.44. The lowest BCUT2D eigenvalue weighted by Crippen LogP contribution is -2.00. The maximum atomic E-state index is 6.44. The van der Waals surface area contributed by atoms with Crippen LogP contribution in [0, 0.1) is 0 Å². The van der Waals surface area contributed by atoms with E-state index in [1.807, 2.05) is 41.7 Å². The van der Waals surface area contributed by atoms with Gasteiger partial charge in [-0.05, 0) is 63.5 Å². The topological polar surface area (TPSA) is 51.8 Å². The van der Waals surface area contributed by atoms with Gasteiger partial charge in [0.2, 0.25) is 0 Å². The molecule has 5 heteroatoms. The molecule has 0 amide bonds. The van der Waals surface area contributed by atoms with E-state index in [1.165, 1.54) is 36.7 Å². The molecule has 4 nitrogen and oxygen atoms in total. The Labute approximate surface area is 302 Å². The highest BCUT2D eigenvalue weighted by atomic mass is 32.1. The van der Waals surface area contributed by atoms with Crippen LogP contribution in [0.2, 0.25) is 0 Å². The molecule has 11 aromatic rings. The average Bonchev–Trinajstić information content (AvgIpc) is 3.77. The lowest BCUT2D eigenvalue weighted by Gasteiger charge is -2.13. The third kappa shape index (κ3) is 4.57. The lowest BCUT2D eigenvalue weighted by atomic mass is 9.94. The molecule has 0 fully saturated rings. The van der Waals surface area contributed by atoms with Crippen molar-refractivity contribution in [2.45, 2.75) is 0 Å². The van der Waals surface area contributed by atoms with E-state index in [2.05, 4.69) is 133 Å². The minimum atomic E-state index is 0.597. The number of nitrogens with zero attached hydrogens (tertiary/aromatic N) is 3. The Morgan fingerprint density at radius 3 is 1.85 bits per heavy atom. The number of aromatic nitrogens is 3. The molecule has 3 aromatic heterocycles. The summed E-state index contributed by atoms with van der Waals surface area (Å²) in [5.74, 6) is 1.85. The van der Waals surface area contributed by atoms with Crippen LogP contribution >= 0.6 is 11.3 Å². The molecule has 0 saturated carbocycles. The summed E-state index contributed by atoms with van der Waals surface area (Å²) in [6, 6.07) is 57.4. The number of fused-ring (bicyclic) bond motifs is 8. The summed E-state index contributed by atoms with van der Waals surface area (Å²) in [4.78, 5) is 15.3. The van der Waals surface area contributed by atoms with Gasteiger partial charge in [0, 0.05) is 53.2 Å². The van der Waals surface area contributed by atoms with Gasteiger partial charge in [0.05, 0.1) is 0 Å². The Bertz CT molecular complexity index is 3200. The largest absolute Gasteiger partial charge is 0.456 e. The molecule has 3 heterocycles. The molecule has 0 bridgehead atoms. The fourth-order valence-electron chi connectivity index (χ4n) is 7.63. The molecule has 8 aromatic carbocycles. The van der Waals surface area contributed by atoms with Crippen LogP contribution in [0.4, 0.5) is 0 Å². The quantitative estimate of drug-likeness (QED) is 0.185. The summed E-state index contributed by atoms with van der Waals surface area (Å²) in [7, 11) is 0. The standard InChI is InChI=1S/C47H27N3OS/c1-2-11-28(12-3-1)45-48-46(31-21-22-35-40-25-29-13-4-5-14-30(29)26-42(40)51-41(35)27-31)50-47(49-45)39-24-23-34(32-15-6-7-16-33(32)39)37-18-10-19-38-36-17-8-9-20-43(36)52-44(37)38/h1-27H. The number of benzene rings is 8. The first-order valence-corrected chi connectivity index (χ1v) is 18.2. The molecule has 0 atom stereocenters. The monoisotopic (exact) mass is 681 g/mol. The van der Waals surface area contributed by atoms with Crippen LogP contribution in [0.15, 0.2) is 168 Å². The molecule has 0 spiro atoms. The van der Waals surface area contributed by atoms with Gasteiger partial charge < -0.3 is 4.42 Å². The van der Waals surface area contributed by atoms with E-state index in [0.29, 0.717) is 17.5 Å². The Kier molecular flexibility index (Phi) is 6.39. The zero-order valence-corrected chi connectivity index (χ0v) is 28.6. The maximum Gasteiger partial charge on any atom is 0.164 e. The lowest BCUT2D eigenvalue weighted by molar-refractivity contribution is 0.669. The van der Waals surface area contributed by atoms with Gasteiger partial charge in [0.1, 0.15) is 11.2 Å². The van der Waals surface area contributed by atoms with Gasteiger partial charge in [0.25, 0.3) is 0 Å². The first kappa shape index (κ1) is 29.1. The van der Waals surface area contributed by atoms with Crippen LogP contribution in [0.5, 0.6) is 0 Å². The number of thiophene rings is 1. The molecular weight excluding hydrogens is 655 g/mol. The molecular formula is C47H27N3OS. The number of hydrogen-bond acceptors (Lipinski definition) is 5. The van der Waals surface area contributed by atoms with Crippen molar-refractivity contribution in [3.8, 4) is 45.3 Å². The SMILES string of the molecule is c1ccc(-c2nc(-c3ccc4c(c3)oc3cc5ccccc5cc34)nc(-c3ccc(-c4cccc5c4sc4ccccc45)c4ccccc34)n2)cc1. The zero-order valence-electron chi connectivity index (χ0n) is 27.7. The number of rotatable bonds is 4. The van der Waals surface area contributed by atoms with E-state index in [-0.39, 0.29) is 0 Å². The van der Waals surface area contributed by atoms with Gasteiger partial charge in [-0.3, -0.25) is 0 Å². The van der Waals surface area contributed by atoms with E-state index in [1.54, 1.807) is 0 Å². The van der Waals surface area contributed by atoms with E-state index in [9.17, 15) is 0 Å². The van der Waals surface area contributed by atoms with E-state index in [0.717, 1.165) is 54.8 Å². The van der Waals surface area contributed by atoms with Crippen molar-refractivity contribution < 1.29 is 4.42 Å². The van der Waals surface area contributed by atoms with Crippen molar-refractivity contribution in [1.29, 1.82) is 0 Å². The number of hydrogen-bond donors (Lipinski definition) is 0. The molecule has 0 radical (unpaired) electrons. The predicted molar refractivity (Wildman–Crippen MR) is 217 cm³/mol. The second kappa shape index (κ2) is 11.4. The molecule has 52 heavy (non-hydrogen) atoms. The van der Waals surface area contributed by atoms with E-state index >= 15 is 0 Å². The van der Waals surface area contributed by atoms with Gasteiger partial charge in [0.15, 0.2) is 17.5 Å². The average molecular weight is 682 g/mol. The first-order chi connectivity index (χ1) is 25.7. The second-order valence-corrected chi connectivity index (χ2v) is 14.2. The summed E-state index contributed by atoms with van der Waals surface area (Å²) in [5, 5.41) is 9.34. The molecule has 0 aliphatic carbocycles. The smallest absolute Gasteiger partial charge is 0.164 e. The molecule has 11 rings (SSSR count). The molecule has 0 N–H and O–H groups in total. The first-order valence-electron chi connectivity index (χ1n) is 17.3. The number of furan rings is 1. The van der Waals surface area contributed by atoms with Crippen molar-refractivity contribution in [3.63, 3.8) is 0 Å². The van der Waals surface area contributed by atoms with Gasteiger partial charge in [-0.25, -0.2) is 15.0 Å². The predicted octanol–water partition coefficient (Wildman–Crippen LogP) is 13.1. The van der Waals surface area contributed by atoms with Crippen LogP contribution in [0.3, 0.4) is 0 Å². The molecule has 0 unspecified atom stereocenters. The Balaban J connectivity index is 1.10. The van der Waals surface area contributed by atoms with Crippen molar-refractivity contribution >= 4 is 75.0 Å². The Morgan fingerprint density at radius 2 is 1.00 bits per heavy atom. The molecule has 0 aliphatic rings. The zero-order chi connectivity index (χ0) is 34.2. The fraction of sp³-hybridized carbons (Fsp3) is 0. The minimum Gasteiger partial charge on any atom is -0.456 e. The Hall–Kier alpha value is -6.69. The van der Waals surface area contributed by atoms with Crippen molar-refractivity contribution in [2.24, 2.45) is 0 Å². The minimum absolute atomic E-state index is 0.597. The van der Waals surface area contributed by atoms with Crippen LogP contribution in [-0.4, -0.2) is 15.0 Å². The van der Waals surface area contributed by atoms with Crippen molar-refractivity contribution in [1.82, 2.24) is 15.0 Å². The normalized spacial score (nSPS) is 11.8. The van der Waals surface area contributed by atoms with Gasteiger partial charge >= 0.3 is 0 Å². The van der Waals surface area contributed by atoms with Crippen LogP contribution in [0.1, 0.15) is 0 Å². The van der Waals surface area contributed by atoms with Gasteiger partial charge in [-0.15, -0.1) is 11.3 Å².